The van der Waals surface area contributed by atoms with Crippen LogP contribution in [-0.2, 0) is 6.42 Å². The standard InChI is InChI=1S/C5H7IN2/c1-2-5-7-3-4(6)8-5/h3H,2H2,1H3,(H,7,8). The molecule has 0 aliphatic rings. The van der Waals surface area contributed by atoms with Crippen LogP contribution in [0, 0.1) is 3.70 Å². The second-order valence-corrected chi connectivity index (χ2v) is 2.69. The Labute approximate surface area is 61.9 Å². The van der Waals surface area contributed by atoms with Gasteiger partial charge in [0.2, 0.25) is 0 Å². The maximum atomic E-state index is 4.07. The first-order chi connectivity index (χ1) is 3.83. The zero-order valence-corrected chi connectivity index (χ0v) is 6.77. The number of aromatic nitrogens is 2. The molecule has 0 spiro atoms. The van der Waals surface area contributed by atoms with Crippen molar-refractivity contribution in [2.45, 2.75) is 13.3 Å². The molecule has 1 N–H and O–H groups in total. The van der Waals surface area contributed by atoms with E-state index < -0.39 is 0 Å². The van der Waals surface area contributed by atoms with E-state index in [4.69, 9.17) is 0 Å². The minimum atomic E-state index is 0.989. The number of nitrogens with zero attached hydrogens (tertiary/aromatic N) is 1. The van der Waals surface area contributed by atoms with Crippen molar-refractivity contribution in [1.82, 2.24) is 9.97 Å². The van der Waals surface area contributed by atoms with E-state index in [2.05, 4.69) is 39.5 Å². The zero-order chi connectivity index (χ0) is 5.98. The molecule has 0 saturated carbocycles. The molecule has 0 atom stereocenters. The van der Waals surface area contributed by atoms with E-state index in [1.807, 2.05) is 6.20 Å². The van der Waals surface area contributed by atoms with Crippen LogP contribution in [0.2, 0.25) is 0 Å². The summed E-state index contributed by atoms with van der Waals surface area (Å²) in [5.41, 5.74) is 0. The van der Waals surface area contributed by atoms with E-state index in [-0.39, 0.29) is 0 Å². The molecule has 8 heavy (non-hydrogen) atoms. The number of aryl methyl sites for hydroxylation is 1. The van der Waals surface area contributed by atoms with Crippen LogP contribution in [0.3, 0.4) is 0 Å². The van der Waals surface area contributed by atoms with Gasteiger partial charge in [-0.1, -0.05) is 6.92 Å². The predicted octanol–water partition coefficient (Wildman–Crippen LogP) is 1.58. The Morgan fingerprint density at radius 3 is 2.88 bits per heavy atom. The van der Waals surface area contributed by atoms with Gasteiger partial charge in [-0.15, -0.1) is 0 Å². The van der Waals surface area contributed by atoms with E-state index in [1.54, 1.807) is 0 Å². The van der Waals surface area contributed by atoms with Crippen molar-refractivity contribution in [2.75, 3.05) is 0 Å². The molecule has 1 heterocycles. The van der Waals surface area contributed by atoms with Gasteiger partial charge in [-0.2, -0.15) is 0 Å². The first-order valence-electron chi connectivity index (χ1n) is 2.52. The highest BCUT2D eigenvalue weighted by atomic mass is 127. The van der Waals surface area contributed by atoms with Crippen LogP contribution in [0.4, 0.5) is 0 Å². The number of imidazole rings is 1. The first kappa shape index (κ1) is 6.07. The van der Waals surface area contributed by atoms with Crippen LogP contribution < -0.4 is 0 Å². The number of H-pyrrole nitrogens is 1. The second kappa shape index (κ2) is 2.48. The summed E-state index contributed by atoms with van der Waals surface area (Å²) in [6.45, 7) is 2.08. The molecule has 3 heteroatoms. The molecular weight excluding hydrogens is 215 g/mol. The van der Waals surface area contributed by atoms with Gasteiger partial charge < -0.3 is 4.98 Å². The molecule has 0 aromatic carbocycles. The van der Waals surface area contributed by atoms with E-state index >= 15 is 0 Å². The highest BCUT2D eigenvalue weighted by Gasteiger charge is 1.90. The maximum Gasteiger partial charge on any atom is 0.106 e. The van der Waals surface area contributed by atoms with Crippen molar-refractivity contribution in [3.63, 3.8) is 0 Å². The molecule has 0 aliphatic heterocycles. The number of rotatable bonds is 1. The largest absolute Gasteiger partial charge is 0.337 e. The monoisotopic (exact) mass is 222 g/mol. The van der Waals surface area contributed by atoms with Crippen molar-refractivity contribution in [3.8, 4) is 0 Å². The third-order valence-corrected chi connectivity index (χ3v) is 1.48. The minimum absolute atomic E-state index is 0.989. The first-order valence-corrected chi connectivity index (χ1v) is 3.60. The Balaban J connectivity index is 2.84. The van der Waals surface area contributed by atoms with Gasteiger partial charge in [0, 0.05) is 6.42 Å². The summed E-state index contributed by atoms with van der Waals surface area (Å²) in [6, 6.07) is 0. The smallest absolute Gasteiger partial charge is 0.106 e. The molecule has 1 rings (SSSR count). The van der Waals surface area contributed by atoms with Gasteiger partial charge in [0.1, 0.15) is 5.82 Å². The molecule has 0 saturated heterocycles. The molecule has 1 aromatic rings. The summed E-state index contributed by atoms with van der Waals surface area (Å²) in [7, 11) is 0. The Morgan fingerprint density at radius 2 is 2.62 bits per heavy atom. The van der Waals surface area contributed by atoms with Gasteiger partial charge >= 0.3 is 0 Å². The van der Waals surface area contributed by atoms with Crippen LogP contribution in [-0.4, -0.2) is 9.97 Å². The summed E-state index contributed by atoms with van der Waals surface area (Å²) in [5.74, 6) is 1.06. The van der Waals surface area contributed by atoms with Gasteiger partial charge in [0.25, 0.3) is 0 Å². The fourth-order valence-electron chi connectivity index (χ4n) is 0.517. The van der Waals surface area contributed by atoms with Crippen molar-refractivity contribution in [1.29, 1.82) is 0 Å². The van der Waals surface area contributed by atoms with Crippen molar-refractivity contribution < 1.29 is 0 Å². The molecule has 0 bridgehead atoms. The van der Waals surface area contributed by atoms with Gasteiger partial charge in [0.15, 0.2) is 0 Å². The van der Waals surface area contributed by atoms with Crippen molar-refractivity contribution in [3.05, 3.63) is 15.7 Å². The van der Waals surface area contributed by atoms with Gasteiger partial charge in [0.05, 0.1) is 9.90 Å². The number of halogens is 1. The molecule has 44 valence electrons. The fourth-order valence-corrected chi connectivity index (χ4v) is 0.967. The molecule has 0 radical (unpaired) electrons. The Morgan fingerprint density at radius 1 is 1.88 bits per heavy atom. The van der Waals surface area contributed by atoms with Crippen molar-refractivity contribution >= 4 is 22.6 Å². The minimum Gasteiger partial charge on any atom is -0.337 e. The summed E-state index contributed by atoms with van der Waals surface area (Å²) < 4.78 is 1.11. The lowest BCUT2D eigenvalue weighted by molar-refractivity contribution is 0.985. The van der Waals surface area contributed by atoms with Crippen LogP contribution >= 0.6 is 22.6 Å². The number of hydrogen-bond acceptors (Lipinski definition) is 1. The maximum absolute atomic E-state index is 4.07. The van der Waals surface area contributed by atoms with Crippen molar-refractivity contribution in [2.24, 2.45) is 0 Å². The lowest BCUT2D eigenvalue weighted by Crippen LogP contribution is -1.80. The van der Waals surface area contributed by atoms with E-state index in [9.17, 15) is 0 Å². The predicted molar refractivity (Wildman–Crippen MR) is 40.7 cm³/mol. The SMILES string of the molecule is CCc1ncc(I)[nH]1. The molecule has 1 aromatic heterocycles. The average molecular weight is 222 g/mol. The summed E-state index contributed by atoms with van der Waals surface area (Å²) in [6.07, 6.45) is 2.82. The Kier molecular flexibility index (Phi) is 1.88. The van der Waals surface area contributed by atoms with E-state index in [0.717, 1.165) is 15.9 Å². The summed E-state index contributed by atoms with van der Waals surface area (Å²) in [4.78, 5) is 7.17. The average Bonchev–Trinajstić information content (AvgIpc) is 2.14. The lowest BCUT2D eigenvalue weighted by Gasteiger charge is -1.81. The Hall–Kier alpha value is -0.0600. The second-order valence-electron chi connectivity index (χ2n) is 1.53. The fraction of sp³-hybridized carbons (Fsp3) is 0.400. The van der Waals surface area contributed by atoms with E-state index in [1.165, 1.54) is 0 Å². The topological polar surface area (TPSA) is 28.7 Å². The molecule has 0 amide bonds. The quantitative estimate of drug-likeness (QED) is 0.718. The van der Waals surface area contributed by atoms with Crippen LogP contribution in [0.1, 0.15) is 12.7 Å². The zero-order valence-electron chi connectivity index (χ0n) is 4.61. The summed E-state index contributed by atoms with van der Waals surface area (Å²) >= 11 is 2.21. The highest BCUT2D eigenvalue weighted by molar-refractivity contribution is 14.1. The van der Waals surface area contributed by atoms with Crippen LogP contribution in [0.25, 0.3) is 0 Å². The molecule has 0 aliphatic carbocycles. The summed E-state index contributed by atoms with van der Waals surface area (Å²) in [5, 5.41) is 0. The van der Waals surface area contributed by atoms with Crippen LogP contribution in [0.5, 0.6) is 0 Å². The number of aromatic amines is 1. The molecule has 0 unspecified atom stereocenters. The van der Waals surface area contributed by atoms with Gasteiger partial charge in [-0.3, -0.25) is 0 Å². The van der Waals surface area contributed by atoms with Gasteiger partial charge in [-0.05, 0) is 22.6 Å². The molecule has 2 nitrogen and oxygen atoms in total. The van der Waals surface area contributed by atoms with E-state index in [0.29, 0.717) is 0 Å². The molecule has 0 fully saturated rings. The lowest BCUT2D eigenvalue weighted by atomic mass is 10.5. The molecular formula is C5H7IN2. The highest BCUT2D eigenvalue weighted by Crippen LogP contribution is 1.99. The normalized spacial score (nSPS) is 9.75. The number of hydrogen-bond donors (Lipinski definition) is 1. The third kappa shape index (κ3) is 1.21. The van der Waals surface area contributed by atoms with Crippen LogP contribution in [0.15, 0.2) is 6.20 Å². The third-order valence-electron chi connectivity index (χ3n) is 0.932. The van der Waals surface area contributed by atoms with Gasteiger partial charge in [-0.25, -0.2) is 4.98 Å². The number of nitrogens with one attached hydrogen (secondary N) is 1. The Bertz CT molecular complexity index is 171.